The van der Waals surface area contributed by atoms with Crippen LogP contribution >= 0.6 is 11.6 Å². The predicted molar refractivity (Wildman–Crippen MR) is 61.8 cm³/mol. The summed E-state index contributed by atoms with van der Waals surface area (Å²) in [5.74, 6) is -0.412. The molecule has 0 fully saturated rings. The number of nitrogens with zero attached hydrogens (tertiary/aromatic N) is 2. The number of aryl methyl sites for hydroxylation is 1. The number of carboxylic acids is 1. The number of halogens is 1. The summed E-state index contributed by atoms with van der Waals surface area (Å²) in [6, 6.07) is 5.33. The van der Waals surface area contributed by atoms with Gasteiger partial charge in [0.2, 0.25) is 5.95 Å². The monoisotopic (exact) mass is 239 g/mol. The molecule has 0 aliphatic carbocycles. The zero-order valence-electron chi connectivity index (χ0n) is 8.57. The van der Waals surface area contributed by atoms with Gasteiger partial charge in [0.25, 0.3) is 0 Å². The second-order valence-corrected chi connectivity index (χ2v) is 3.81. The number of hydrogen-bond acceptors (Lipinski definition) is 3. The van der Waals surface area contributed by atoms with E-state index in [0.29, 0.717) is 11.0 Å². The summed E-state index contributed by atoms with van der Waals surface area (Å²) < 4.78 is 1.77. The lowest BCUT2D eigenvalue weighted by molar-refractivity contribution is -0.134. The maximum atomic E-state index is 10.4. The van der Waals surface area contributed by atoms with E-state index in [1.807, 2.05) is 0 Å². The van der Waals surface area contributed by atoms with E-state index in [1.54, 1.807) is 29.8 Å². The van der Waals surface area contributed by atoms with Crippen molar-refractivity contribution in [1.82, 2.24) is 9.55 Å². The van der Waals surface area contributed by atoms with Gasteiger partial charge in [-0.3, -0.25) is 4.79 Å². The third-order valence-electron chi connectivity index (χ3n) is 2.24. The number of fused-ring (bicyclic) bond motifs is 1. The van der Waals surface area contributed by atoms with Crippen LogP contribution in [0.1, 0.15) is 0 Å². The lowest BCUT2D eigenvalue weighted by atomic mass is 10.3. The average Bonchev–Trinajstić information content (AvgIpc) is 2.53. The van der Waals surface area contributed by atoms with Crippen LogP contribution in [0.2, 0.25) is 5.02 Å². The summed E-state index contributed by atoms with van der Waals surface area (Å²) >= 11 is 5.87. The smallest absolute Gasteiger partial charge is 0.322 e. The summed E-state index contributed by atoms with van der Waals surface area (Å²) in [6.45, 7) is -0.162. The summed E-state index contributed by atoms with van der Waals surface area (Å²) in [4.78, 5) is 14.7. The van der Waals surface area contributed by atoms with Crippen molar-refractivity contribution < 1.29 is 9.90 Å². The number of carbonyl (C=O) groups is 1. The molecule has 1 aromatic heterocycles. The van der Waals surface area contributed by atoms with Gasteiger partial charge < -0.3 is 15.0 Å². The van der Waals surface area contributed by atoms with Gasteiger partial charge in [-0.1, -0.05) is 11.6 Å². The molecule has 6 heteroatoms. The topological polar surface area (TPSA) is 67.2 Å². The quantitative estimate of drug-likeness (QED) is 0.856. The zero-order chi connectivity index (χ0) is 11.7. The number of aromatic nitrogens is 2. The van der Waals surface area contributed by atoms with E-state index >= 15 is 0 Å². The van der Waals surface area contributed by atoms with E-state index in [0.717, 1.165) is 11.0 Å². The van der Waals surface area contributed by atoms with Crippen LogP contribution in [0.25, 0.3) is 11.0 Å². The van der Waals surface area contributed by atoms with Crippen LogP contribution in [0.3, 0.4) is 0 Å². The number of hydrogen-bond donors (Lipinski definition) is 2. The summed E-state index contributed by atoms with van der Waals surface area (Å²) in [7, 11) is 1.80. The van der Waals surface area contributed by atoms with Gasteiger partial charge in [-0.2, -0.15) is 0 Å². The highest BCUT2D eigenvalue weighted by Gasteiger charge is 2.08. The van der Waals surface area contributed by atoms with Crippen LogP contribution in [-0.2, 0) is 11.8 Å². The lowest BCUT2D eigenvalue weighted by Crippen LogP contribution is -2.14. The van der Waals surface area contributed by atoms with E-state index in [2.05, 4.69) is 10.3 Å². The fourth-order valence-corrected chi connectivity index (χ4v) is 1.64. The third kappa shape index (κ3) is 1.94. The van der Waals surface area contributed by atoms with Crippen molar-refractivity contribution in [1.29, 1.82) is 0 Å². The van der Waals surface area contributed by atoms with Crippen molar-refractivity contribution in [2.45, 2.75) is 0 Å². The minimum absolute atomic E-state index is 0.162. The second kappa shape index (κ2) is 4.02. The Morgan fingerprint density at radius 3 is 3.06 bits per heavy atom. The normalized spacial score (nSPS) is 10.6. The fourth-order valence-electron chi connectivity index (χ4n) is 1.48. The number of aliphatic carboxylic acids is 1. The van der Waals surface area contributed by atoms with Gasteiger partial charge in [-0.25, -0.2) is 4.98 Å². The molecular weight excluding hydrogens is 230 g/mol. The molecule has 0 saturated heterocycles. The van der Waals surface area contributed by atoms with Crippen LogP contribution in [0.15, 0.2) is 18.2 Å². The molecule has 2 N–H and O–H groups in total. The minimum atomic E-state index is -0.926. The van der Waals surface area contributed by atoms with Gasteiger partial charge in [-0.05, 0) is 18.2 Å². The molecule has 5 nitrogen and oxygen atoms in total. The van der Waals surface area contributed by atoms with Gasteiger partial charge in [0.05, 0.1) is 11.0 Å². The molecule has 1 heterocycles. The molecular formula is C10H10ClN3O2. The van der Waals surface area contributed by atoms with E-state index in [9.17, 15) is 4.79 Å². The molecule has 0 aliphatic heterocycles. The molecule has 0 amide bonds. The average molecular weight is 240 g/mol. The molecule has 0 saturated carbocycles. The Hall–Kier alpha value is -1.75. The molecule has 0 bridgehead atoms. The molecule has 0 unspecified atom stereocenters. The van der Waals surface area contributed by atoms with Crippen molar-refractivity contribution >= 4 is 34.6 Å². The summed E-state index contributed by atoms with van der Waals surface area (Å²) in [6.07, 6.45) is 0. The highest BCUT2D eigenvalue weighted by atomic mass is 35.5. The van der Waals surface area contributed by atoms with Crippen LogP contribution in [0.5, 0.6) is 0 Å². The summed E-state index contributed by atoms with van der Waals surface area (Å²) in [5.41, 5.74) is 1.64. The number of nitrogens with one attached hydrogen (secondary N) is 1. The lowest BCUT2D eigenvalue weighted by Gasteiger charge is -2.02. The zero-order valence-corrected chi connectivity index (χ0v) is 9.32. The second-order valence-electron chi connectivity index (χ2n) is 3.37. The van der Waals surface area contributed by atoms with Crippen LogP contribution in [0, 0.1) is 0 Å². The first-order valence-electron chi connectivity index (χ1n) is 4.65. The van der Waals surface area contributed by atoms with E-state index in [4.69, 9.17) is 16.7 Å². The minimum Gasteiger partial charge on any atom is -0.480 e. The number of imidazole rings is 1. The highest BCUT2D eigenvalue weighted by molar-refractivity contribution is 6.31. The molecule has 16 heavy (non-hydrogen) atoms. The highest BCUT2D eigenvalue weighted by Crippen LogP contribution is 2.21. The maximum Gasteiger partial charge on any atom is 0.322 e. The van der Waals surface area contributed by atoms with E-state index in [-0.39, 0.29) is 6.54 Å². The van der Waals surface area contributed by atoms with Crippen molar-refractivity contribution in [3.63, 3.8) is 0 Å². The predicted octanol–water partition coefficient (Wildman–Crippen LogP) is 1.72. The fraction of sp³-hybridized carbons (Fsp3) is 0.200. The van der Waals surface area contributed by atoms with Crippen molar-refractivity contribution in [2.24, 2.45) is 7.05 Å². The molecule has 0 atom stereocenters. The Balaban J connectivity index is 2.40. The Kier molecular flexibility index (Phi) is 2.70. The van der Waals surface area contributed by atoms with Gasteiger partial charge in [-0.15, -0.1) is 0 Å². The van der Waals surface area contributed by atoms with Gasteiger partial charge in [0.15, 0.2) is 0 Å². The van der Waals surface area contributed by atoms with Crippen LogP contribution in [-0.4, -0.2) is 27.2 Å². The molecule has 0 aliphatic rings. The van der Waals surface area contributed by atoms with Gasteiger partial charge >= 0.3 is 5.97 Å². The van der Waals surface area contributed by atoms with Crippen molar-refractivity contribution in [3.8, 4) is 0 Å². The Morgan fingerprint density at radius 1 is 1.62 bits per heavy atom. The third-order valence-corrected chi connectivity index (χ3v) is 2.48. The Morgan fingerprint density at radius 2 is 2.38 bits per heavy atom. The first kappa shape index (κ1) is 10.8. The molecule has 1 aromatic carbocycles. The van der Waals surface area contributed by atoms with Crippen molar-refractivity contribution in [3.05, 3.63) is 23.2 Å². The SMILES string of the molecule is Cn1c(NCC(=O)O)nc2ccc(Cl)cc21. The number of benzene rings is 1. The van der Waals surface area contributed by atoms with Gasteiger partial charge in [0, 0.05) is 12.1 Å². The molecule has 0 radical (unpaired) electrons. The maximum absolute atomic E-state index is 10.4. The Bertz CT molecular complexity index is 550. The number of carboxylic acid groups (broad SMARTS) is 1. The summed E-state index contributed by atoms with van der Waals surface area (Å²) in [5, 5.41) is 11.9. The van der Waals surface area contributed by atoms with Crippen molar-refractivity contribution in [2.75, 3.05) is 11.9 Å². The van der Waals surface area contributed by atoms with E-state index < -0.39 is 5.97 Å². The van der Waals surface area contributed by atoms with Crippen LogP contribution < -0.4 is 5.32 Å². The molecule has 2 aromatic rings. The first-order chi connectivity index (χ1) is 7.58. The molecule has 84 valence electrons. The molecule has 0 spiro atoms. The van der Waals surface area contributed by atoms with Gasteiger partial charge in [0.1, 0.15) is 6.54 Å². The standard InChI is InChI=1S/C10H10ClN3O2/c1-14-8-4-6(11)2-3-7(8)13-10(14)12-5-9(15)16/h2-4H,5H2,1H3,(H,12,13)(H,15,16). The number of rotatable bonds is 3. The van der Waals surface area contributed by atoms with Crippen LogP contribution in [0.4, 0.5) is 5.95 Å². The first-order valence-corrected chi connectivity index (χ1v) is 5.03. The Labute approximate surface area is 96.7 Å². The number of anilines is 1. The molecule has 2 rings (SSSR count). The largest absolute Gasteiger partial charge is 0.480 e. The van der Waals surface area contributed by atoms with E-state index in [1.165, 1.54) is 0 Å².